The molecule has 132 valence electrons. The van der Waals surface area contributed by atoms with Gasteiger partial charge in [-0.1, -0.05) is 23.8 Å². The molecule has 1 aromatic carbocycles. The number of nitrogens with one attached hydrogen (secondary N) is 2. The minimum Gasteiger partial charge on any atom is -0.355 e. The van der Waals surface area contributed by atoms with E-state index in [9.17, 15) is 4.79 Å². The van der Waals surface area contributed by atoms with Crippen molar-refractivity contribution in [1.82, 2.24) is 15.3 Å². The molecule has 0 aliphatic carbocycles. The van der Waals surface area contributed by atoms with E-state index < -0.39 is 0 Å². The lowest BCUT2D eigenvalue weighted by molar-refractivity contribution is 0.0945. The van der Waals surface area contributed by atoms with Crippen LogP contribution in [0.2, 0.25) is 0 Å². The van der Waals surface area contributed by atoms with Crippen molar-refractivity contribution in [3.8, 4) is 0 Å². The molecule has 2 heterocycles. The summed E-state index contributed by atoms with van der Waals surface area (Å²) in [6.45, 7) is 6.60. The Morgan fingerprint density at radius 3 is 2.42 bits per heavy atom. The van der Waals surface area contributed by atoms with Gasteiger partial charge in [0, 0.05) is 23.8 Å². The monoisotopic (exact) mass is 346 g/mol. The highest BCUT2D eigenvalue weighted by Gasteiger charge is 2.10. The molecule has 1 amide bonds. The zero-order chi connectivity index (χ0) is 18.5. The first kappa shape index (κ1) is 17.6. The van der Waals surface area contributed by atoms with Crippen molar-refractivity contribution in [2.24, 2.45) is 0 Å². The Balaban J connectivity index is 1.73. The summed E-state index contributed by atoms with van der Waals surface area (Å²) in [6, 6.07) is 13.5. The van der Waals surface area contributed by atoms with E-state index in [-0.39, 0.29) is 5.91 Å². The Hall–Kier alpha value is -3.21. The molecule has 3 aromatic rings. The van der Waals surface area contributed by atoms with Crippen molar-refractivity contribution in [3.63, 3.8) is 0 Å². The summed E-state index contributed by atoms with van der Waals surface area (Å²) in [5.74, 6) is -0.225. The third kappa shape index (κ3) is 4.25. The second kappa shape index (κ2) is 7.78. The van der Waals surface area contributed by atoms with Crippen molar-refractivity contribution in [3.05, 3.63) is 82.9 Å². The van der Waals surface area contributed by atoms with E-state index in [0.717, 1.165) is 17.1 Å². The van der Waals surface area contributed by atoms with Crippen LogP contribution in [0.1, 0.15) is 32.9 Å². The second-order valence-corrected chi connectivity index (χ2v) is 6.33. The van der Waals surface area contributed by atoms with Crippen molar-refractivity contribution in [2.75, 3.05) is 5.32 Å². The molecule has 0 aliphatic heterocycles. The molecular weight excluding hydrogens is 324 g/mol. The fourth-order valence-corrected chi connectivity index (χ4v) is 2.92. The molecule has 5 nitrogen and oxygen atoms in total. The second-order valence-electron chi connectivity index (χ2n) is 6.33. The summed E-state index contributed by atoms with van der Waals surface area (Å²) < 4.78 is 0. The average molecular weight is 346 g/mol. The number of pyridine rings is 2. The van der Waals surface area contributed by atoms with Gasteiger partial charge < -0.3 is 10.6 Å². The smallest absolute Gasteiger partial charge is 0.270 e. The zero-order valence-corrected chi connectivity index (χ0v) is 15.2. The summed E-state index contributed by atoms with van der Waals surface area (Å²) >= 11 is 0. The third-order valence-electron chi connectivity index (χ3n) is 4.10. The first-order valence-corrected chi connectivity index (χ1v) is 8.52. The molecule has 0 radical (unpaired) electrons. The summed E-state index contributed by atoms with van der Waals surface area (Å²) in [4.78, 5) is 20.7. The third-order valence-corrected chi connectivity index (χ3v) is 4.10. The number of nitrogens with zero attached hydrogens (tertiary/aromatic N) is 2. The van der Waals surface area contributed by atoms with Gasteiger partial charge in [-0.05, 0) is 56.2 Å². The number of carbonyl (C=O) groups excluding carboxylic acids is 1. The standard InChI is InChI=1S/C21H22N4O/c1-14-10-15(2)20(16(3)11-14)25-17-7-9-23-19(12-17)21(26)24-13-18-6-4-5-8-22-18/h4-12H,13H2,1-3H3,(H,23,25)(H,24,26). The minimum absolute atomic E-state index is 0.225. The maximum Gasteiger partial charge on any atom is 0.270 e. The quantitative estimate of drug-likeness (QED) is 0.731. The molecule has 0 unspecified atom stereocenters. The van der Waals surface area contributed by atoms with Crippen molar-refractivity contribution in [2.45, 2.75) is 27.3 Å². The molecular formula is C21H22N4O. The molecule has 3 rings (SSSR count). The summed E-state index contributed by atoms with van der Waals surface area (Å²) in [5, 5.41) is 6.25. The number of hydrogen-bond acceptors (Lipinski definition) is 4. The normalized spacial score (nSPS) is 10.4. The largest absolute Gasteiger partial charge is 0.355 e. The molecule has 0 spiro atoms. The molecule has 5 heteroatoms. The molecule has 0 saturated carbocycles. The Morgan fingerprint density at radius 1 is 0.962 bits per heavy atom. The van der Waals surface area contributed by atoms with Gasteiger partial charge >= 0.3 is 0 Å². The number of anilines is 2. The number of aryl methyl sites for hydroxylation is 3. The van der Waals surface area contributed by atoms with Crippen LogP contribution in [0, 0.1) is 20.8 Å². The molecule has 0 aliphatic rings. The Kier molecular flexibility index (Phi) is 5.27. The van der Waals surface area contributed by atoms with Gasteiger partial charge in [0.15, 0.2) is 0 Å². The Morgan fingerprint density at radius 2 is 1.73 bits per heavy atom. The van der Waals surface area contributed by atoms with Gasteiger partial charge in [-0.25, -0.2) is 0 Å². The van der Waals surface area contributed by atoms with E-state index in [1.807, 2.05) is 24.3 Å². The van der Waals surface area contributed by atoms with Gasteiger partial charge in [-0.2, -0.15) is 0 Å². The van der Waals surface area contributed by atoms with Crippen molar-refractivity contribution in [1.29, 1.82) is 0 Å². The van der Waals surface area contributed by atoms with Crippen molar-refractivity contribution >= 4 is 17.3 Å². The molecule has 0 bridgehead atoms. The lowest BCUT2D eigenvalue weighted by Gasteiger charge is -2.14. The van der Waals surface area contributed by atoms with Crippen molar-refractivity contribution < 1.29 is 4.79 Å². The summed E-state index contributed by atoms with van der Waals surface area (Å²) in [5.41, 5.74) is 6.63. The summed E-state index contributed by atoms with van der Waals surface area (Å²) in [7, 11) is 0. The minimum atomic E-state index is -0.225. The Labute approximate surface area is 153 Å². The number of amides is 1. The van der Waals surface area contributed by atoms with Crippen LogP contribution in [0.5, 0.6) is 0 Å². The SMILES string of the molecule is Cc1cc(C)c(Nc2ccnc(C(=O)NCc3ccccn3)c2)c(C)c1. The van der Waals surface area contributed by atoms with E-state index in [0.29, 0.717) is 12.2 Å². The van der Waals surface area contributed by atoms with Gasteiger partial charge in [0.25, 0.3) is 5.91 Å². The van der Waals surface area contributed by atoms with Crippen LogP contribution in [-0.4, -0.2) is 15.9 Å². The zero-order valence-electron chi connectivity index (χ0n) is 15.2. The maximum absolute atomic E-state index is 12.4. The molecule has 0 saturated heterocycles. The molecule has 26 heavy (non-hydrogen) atoms. The van der Waals surface area contributed by atoms with Gasteiger partial charge in [-0.3, -0.25) is 14.8 Å². The molecule has 0 fully saturated rings. The molecule has 2 aromatic heterocycles. The molecule has 0 atom stereocenters. The van der Waals surface area contributed by atoms with E-state index >= 15 is 0 Å². The van der Waals surface area contributed by atoms with Gasteiger partial charge in [-0.15, -0.1) is 0 Å². The summed E-state index contributed by atoms with van der Waals surface area (Å²) in [6.07, 6.45) is 3.34. The van der Waals surface area contributed by atoms with Gasteiger partial charge in [0.05, 0.1) is 12.2 Å². The van der Waals surface area contributed by atoms with Gasteiger partial charge in [0.2, 0.25) is 0 Å². The van der Waals surface area contributed by atoms with Crippen LogP contribution in [0.25, 0.3) is 0 Å². The number of hydrogen-bond donors (Lipinski definition) is 2. The predicted molar refractivity (Wildman–Crippen MR) is 104 cm³/mol. The first-order valence-electron chi connectivity index (χ1n) is 8.52. The average Bonchev–Trinajstić information content (AvgIpc) is 2.64. The highest BCUT2D eigenvalue weighted by Crippen LogP contribution is 2.26. The number of carbonyl (C=O) groups is 1. The van der Waals surface area contributed by atoms with E-state index in [1.54, 1.807) is 18.5 Å². The number of rotatable bonds is 5. The predicted octanol–water partition coefficient (Wildman–Crippen LogP) is 4.08. The highest BCUT2D eigenvalue weighted by molar-refractivity contribution is 5.93. The van der Waals surface area contributed by atoms with E-state index in [1.165, 1.54) is 16.7 Å². The van der Waals surface area contributed by atoms with Crippen LogP contribution in [0.3, 0.4) is 0 Å². The lowest BCUT2D eigenvalue weighted by Crippen LogP contribution is -2.24. The molecule has 2 N–H and O–H groups in total. The lowest BCUT2D eigenvalue weighted by atomic mass is 10.0. The first-order chi connectivity index (χ1) is 12.5. The maximum atomic E-state index is 12.4. The van der Waals surface area contributed by atoms with Crippen LogP contribution >= 0.6 is 0 Å². The van der Waals surface area contributed by atoms with Crippen LogP contribution in [0.4, 0.5) is 11.4 Å². The van der Waals surface area contributed by atoms with Gasteiger partial charge in [0.1, 0.15) is 5.69 Å². The van der Waals surface area contributed by atoms with Crippen LogP contribution < -0.4 is 10.6 Å². The van der Waals surface area contributed by atoms with Crippen LogP contribution in [0.15, 0.2) is 54.9 Å². The Bertz CT molecular complexity index is 899. The van der Waals surface area contributed by atoms with E-state index in [2.05, 4.69) is 53.5 Å². The number of aromatic nitrogens is 2. The number of benzene rings is 1. The van der Waals surface area contributed by atoms with Crippen LogP contribution in [-0.2, 0) is 6.54 Å². The topological polar surface area (TPSA) is 66.9 Å². The fraction of sp³-hybridized carbons (Fsp3) is 0.190. The highest BCUT2D eigenvalue weighted by atomic mass is 16.1. The van der Waals surface area contributed by atoms with E-state index in [4.69, 9.17) is 0 Å². The fourth-order valence-electron chi connectivity index (χ4n) is 2.92.